The van der Waals surface area contributed by atoms with E-state index in [1.165, 1.54) is 12.8 Å². The third-order valence-electron chi connectivity index (χ3n) is 4.26. The number of hydrogen-bond acceptors (Lipinski definition) is 3. The fourth-order valence-electron chi connectivity index (χ4n) is 3.04. The van der Waals surface area contributed by atoms with Gasteiger partial charge in [0.25, 0.3) is 0 Å². The van der Waals surface area contributed by atoms with Gasteiger partial charge in [0.15, 0.2) is 0 Å². The highest BCUT2D eigenvalue weighted by atomic mass is 32.2. The Labute approximate surface area is 138 Å². The molecule has 1 aromatic rings. The van der Waals surface area contributed by atoms with Crippen molar-refractivity contribution in [3.05, 3.63) is 29.3 Å². The summed E-state index contributed by atoms with van der Waals surface area (Å²) in [4.78, 5) is 12.2. The van der Waals surface area contributed by atoms with Crippen LogP contribution in [0.25, 0.3) is 0 Å². The van der Waals surface area contributed by atoms with Crippen LogP contribution in [-0.2, 0) is 14.8 Å². The highest BCUT2D eigenvalue weighted by Gasteiger charge is 2.19. The number of carbonyl (C=O) groups is 1. The van der Waals surface area contributed by atoms with E-state index in [-0.39, 0.29) is 23.4 Å². The molecule has 1 aromatic carbocycles. The lowest BCUT2D eigenvalue weighted by Gasteiger charge is -2.16. The van der Waals surface area contributed by atoms with Gasteiger partial charge in [-0.2, -0.15) is 0 Å². The van der Waals surface area contributed by atoms with E-state index in [2.05, 4.69) is 10.0 Å². The minimum atomic E-state index is -3.66. The van der Waals surface area contributed by atoms with E-state index in [1.54, 1.807) is 19.1 Å². The third kappa shape index (κ3) is 5.32. The van der Waals surface area contributed by atoms with E-state index >= 15 is 0 Å². The van der Waals surface area contributed by atoms with Gasteiger partial charge in [-0.25, -0.2) is 13.1 Å². The first-order chi connectivity index (χ1) is 10.9. The van der Waals surface area contributed by atoms with Crippen molar-refractivity contribution in [1.29, 1.82) is 0 Å². The molecule has 2 rings (SSSR count). The van der Waals surface area contributed by atoms with Crippen LogP contribution in [0.3, 0.4) is 0 Å². The fraction of sp³-hybridized carbons (Fsp3) is 0.588. The molecule has 0 saturated heterocycles. The van der Waals surface area contributed by atoms with Gasteiger partial charge >= 0.3 is 0 Å². The molecular weight excluding hydrogens is 312 g/mol. The summed E-state index contributed by atoms with van der Waals surface area (Å²) in [5.41, 5.74) is 1.69. The zero-order valence-electron chi connectivity index (χ0n) is 13.9. The van der Waals surface area contributed by atoms with E-state index in [0.717, 1.165) is 31.2 Å². The molecule has 0 aliphatic heterocycles. The molecule has 1 fully saturated rings. The highest BCUT2D eigenvalue weighted by Crippen LogP contribution is 2.17. The monoisotopic (exact) mass is 338 g/mol. The smallest absolute Gasteiger partial charge is 0.241 e. The van der Waals surface area contributed by atoms with Gasteiger partial charge in [-0.1, -0.05) is 43.4 Å². The van der Waals surface area contributed by atoms with Crippen LogP contribution in [0.1, 0.15) is 49.7 Å². The van der Waals surface area contributed by atoms with E-state index in [9.17, 15) is 13.2 Å². The van der Waals surface area contributed by atoms with Crippen molar-refractivity contribution < 1.29 is 13.2 Å². The lowest BCUT2D eigenvalue weighted by atomic mass is 10.1. The molecule has 1 amide bonds. The minimum Gasteiger partial charge on any atom is -0.352 e. The Balaban J connectivity index is 1.91. The lowest BCUT2D eigenvalue weighted by Crippen LogP contribution is -2.41. The van der Waals surface area contributed by atoms with Gasteiger partial charge in [0.05, 0.1) is 11.4 Å². The van der Waals surface area contributed by atoms with Gasteiger partial charge in [-0.15, -0.1) is 0 Å². The molecule has 0 radical (unpaired) electrons. The average Bonchev–Trinajstić information content (AvgIpc) is 2.73. The van der Waals surface area contributed by atoms with Crippen molar-refractivity contribution in [2.45, 2.75) is 63.3 Å². The summed E-state index contributed by atoms with van der Waals surface area (Å²) in [5.74, 6) is -0.259. The van der Waals surface area contributed by atoms with E-state index in [1.807, 2.05) is 13.0 Å². The second-order valence-electron chi connectivity index (χ2n) is 6.35. The van der Waals surface area contributed by atoms with Gasteiger partial charge < -0.3 is 5.32 Å². The van der Waals surface area contributed by atoms with E-state index in [4.69, 9.17) is 0 Å². The number of rotatable bonds is 5. The molecule has 6 heteroatoms. The molecule has 1 aliphatic carbocycles. The summed E-state index contributed by atoms with van der Waals surface area (Å²) in [6, 6.07) is 5.33. The zero-order chi connectivity index (χ0) is 16.9. The van der Waals surface area contributed by atoms with Crippen LogP contribution >= 0.6 is 0 Å². The molecule has 0 spiro atoms. The maximum Gasteiger partial charge on any atom is 0.241 e. The second kappa shape index (κ2) is 7.93. The van der Waals surface area contributed by atoms with Crippen molar-refractivity contribution in [1.82, 2.24) is 10.0 Å². The Morgan fingerprint density at radius 2 is 1.78 bits per heavy atom. The maximum absolute atomic E-state index is 12.3. The minimum absolute atomic E-state index is 0.176. The molecule has 23 heavy (non-hydrogen) atoms. The predicted molar refractivity (Wildman–Crippen MR) is 90.7 cm³/mol. The molecule has 5 nitrogen and oxygen atoms in total. The van der Waals surface area contributed by atoms with Gasteiger partial charge in [0.2, 0.25) is 15.9 Å². The molecule has 0 bridgehead atoms. The van der Waals surface area contributed by atoms with Crippen LogP contribution in [0.5, 0.6) is 0 Å². The molecule has 2 N–H and O–H groups in total. The summed E-state index contributed by atoms with van der Waals surface area (Å²) in [5, 5.41) is 2.94. The molecule has 1 aliphatic rings. The molecule has 0 heterocycles. The number of hydrogen-bond donors (Lipinski definition) is 2. The van der Waals surface area contributed by atoms with Crippen molar-refractivity contribution in [3.8, 4) is 0 Å². The Bertz CT molecular complexity index is 648. The number of nitrogens with one attached hydrogen (secondary N) is 2. The molecule has 128 valence electrons. The molecule has 0 aromatic heterocycles. The number of amides is 1. The fourth-order valence-corrected chi connectivity index (χ4v) is 4.25. The van der Waals surface area contributed by atoms with Crippen molar-refractivity contribution in [2.24, 2.45) is 0 Å². The Hall–Kier alpha value is -1.40. The van der Waals surface area contributed by atoms with Gasteiger partial charge in [0, 0.05) is 6.04 Å². The van der Waals surface area contributed by atoms with E-state index in [0.29, 0.717) is 5.56 Å². The van der Waals surface area contributed by atoms with Crippen molar-refractivity contribution >= 4 is 15.9 Å². The largest absolute Gasteiger partial charge is 0.352 e. The SMILES string of the molecule is Cc1ccc(S(=O)(=O)NCC(=O)NC2CCCCCC2)c(C)c1. The average molecular weight is 338 g/mol. The van der Waals surface area contributed by atoms with Crippen LogP contribution in [0.2, 0.25) is 0 Å². The maximum atomic E-state index is 12.3. The first-order valence-corrected chi connectivity index (χ1v) is 9.73. The summed E-state index contributed by atoms with van der Waals surface area (Å²) >= 11 is 0. The number of carbonyl (C=O) groups excluding carboxylic acids is 1. The summed E-state index contributed by atoms with van der Waals surface area (Å²) < 4.78 is 27.1. The van der Waals surface area contributed by atoms with Crippen LogP contribution < -0.4 is 10.0 Å². The topological polar surface area (TPSA) is 75.3 Å². The quantitative estimate of drug-likeness (QED) is 0.810. The normalized spacial score (nSPS) is 16.8. The Morgan fingerprint density at radius 3 is 2.39 bits per heavy atom. The van der Waals surface area contributed by atoms with Gasteiger partial charge in [-0.3, -0.25) is 4.79 Å². The van der Waals surface area contributed by atoms with Crippen LogP contribution in [0.15, 0.2) is 23.1 Å². The molecule has 0 unspecified atom stereocenters. The number of aryl methyl sites for hydroxylation is 2. The lowest BCUT2D eigenvalue weighted by molar-refractivity contribution is -0.120. The summed E-state index contributed by atoms with van der Waals surface area (Å²) in [7, 11) is -3.66. The predicted octanol–water partition coefficient (Wildman–Crippen LogP) is 2.42. The van der Waals surface area contributed by atoms with Crippen LogP contribution in [0.4, 0.5) is 0 Å². The molecule has 0 atom stereocenters. The van der Waals surface area contributed by atoms with Crippen molar-refractivity contribution in [2.75, 3.05) is 6.54 Å². The summed E-state index contributed by atoms with van der Waals surface area (Å²) in [6.45, 7) is 3.45. The first kappa shape index (κ1) is 17.9. The molecular formula is C17H26N2O3S. The van der Waals surface area contributed by atoms with Crippen molar-refractivity contribution in [3.63, 3.8) is 0 Å². The van der Waals surface area contributed by atoms with Crippen LogP contribution in [-0.4, -0.2) is 26.9 Å². The Kier molecular flexibility index (Phi) is 6.18. The summed E-state index contributed by atoms with van der Waals surface area (Å²) in [6.07, 6.45) is 6.64. The zero-order valence-corrected chi connectivity index (χ0v) is 14.7. The number of benzene rings is 1. The third-order valence-corrected chi connectivity index (χ3v) is 5.82. The van der Waals surface area contributed by atoms with Crippen LogP contribution in [0, 0.1) is 13.8 Å². The van der Waals surface area contributed by atoms with Gasteiger partial charge in [0.1, 0.15) is 0 Å². The molecule has 1 saturated carbocycles. The first-order valence-electron chi connectivity index (χ1n) is 8.25. The van der Waals surface area contributed by atoms with E-state index < -0.39 is 10.0 Å². The number of sulfonamides is 1. The second-order valence-corrected chi connectivity index (χ2v) is 8.08. The standard InChI is InChI=1S/C17H26N2O3S/c1-13-9-10-16(14(2)11-13)23(21,22)18-12-17(20)19-15-7-5-3-4-6-8-15/h9-11,15,18H,3-8,12H2,1-2H3,(H,19,20). The van der Waals surface area contributed by atoms with Gasteiger partial charge in [-0.05, 0) is 38.3 Å². The Morgan fingerprint density at radius 1 is 1.13 bits per heavy atom. The highest BCUT2D eigenvalue weighted by molar-refractivity contribution is 7.89.